The van der Waals surface area contributed by atoms with Crippen LogP contribution in [0.2, 0.25) is 0 Å². The highest BCUT2D eigenvalue weighted by Gasteiger charge is 2.26. The van der Waals surface area contributed by atoms with Crippen molar-refractivity contribution in [2.45, 2.75) is 39.7 Å². The number of rotatable bonds is 6. The first-order valence-corrected chi connectivity index (χ1v) is 9.05. The van der Waals surface area contributed by atoms with Gasteiger partial charge in [0.1, 0.15) is 0 Å². The van der Waals surface area contributed by atoms with Crippen molar-refractivity contribution in [3.05, 3.63) is 35.7 Å². The van der Waals surface area contributed by atoms with E-state index in [9.17, 15) is 4.79 Å². The predicted molar refractivity (Wildman–Crippen MR) is 95.8 cm³/mol. The molecule has 0 aliphatic carbocycles. The van der Waals surface area contributed by atoms with Crippen molar-refractivity contribution in [1.29, 1.82) is 0 Å². The normalized spacial score (nSPS) is 18.2. The Bertz CT molecular complexity index is 696. The first-order valence-electron chi connectivity index (χ1n) is 9.05. The summed E-state index contributed by atoms with van der Waals surface area (Å²) < 4.78 is 5.41. The van der Waals surface area contributed by atoms with E-state index in [0.29, 0.717) is 18.3 Å². The van der Waals surface area contributed by atoms with E-state index in [4.69, 9.17) is 4.52 Å². The molecule has 1 aliphatic heterocycles. The summed E-state index contributed by atoms with van der Waals surface area (Å²) in [5, 5.41) is 7.08. The third-order valence-electron chi connectivity index (χ3n) is 4.56. The molecule has 1 atom stereocenters. The van der Waals surface area contributed by atoms with Crippen molar-refractivity contribution in [3.8, 4) is 11.4 Å². The molecule has 1 saturated heterocycles. The van der Waals surface area contributed by atoms with Crippen LogP contribution in [0.5, 0.6) is 0 Å². The highest BCUT2D eigenvalue weighted by atomic mass is 16.5. The number of carbonyl (C=O) groups excluding carboxylic acids is 1. The summed E-state index contributed by atoms with van der Waals surface area (Å²) >= 11 is 0. The van der Waals surface area contributed by atoms with Crippen LogP contribution in [0.1, 0.15) is 37.6 Å². The number of amides is 1. The van der Waals surface area contributed by atoms with E-state index in [2.05, 4.69) is 34.2 Å². The van der Waals surface area contributed by atoms with Crippen LogP contribution in [-0.2, 0) is 11.3 Å². The van der Waals surface area contributed by atoms with E-state index in [1.165, 1.54) is 5.56 Å². The van der Waals surface area contributed by atoms with Crippen LogP contribution >= 0.6 is 0 Å². The predicted octanol–water partition coefficient (Wildman–Crippen LogP) is 2.78. The standard InChI is InChI=1S/C19H26N4O2/c1-3-10-20-19(24)16-5-4-11-23(12-16)13-17-21-18(22-25-17)15-8-6-14(2)7-9-15/h6-9,16H,3-5,10-13H2,1-2H3,(H,20,24). The molecule has 0 spiro atoms. The van der Waals surface area contributed by atoms with Gasteiger partial charge in [-0.15, -0.1) is 0 Å². The first-order chi connectivity index (χ1) is 12.2. The molecule has 2 aromatic rings. The molecule has 1 N–H and O–H groups in total. The summed E-state index contributed by atoms with van der Waals surface area (Å²) in [6.07, 6.45) is 2.93. The lowest BCUT2D eigenvalue weighted by Gasteiger charge is -2.30. The van der Waals surface area contributed by atoms with Crippen LogP contribution in [0.15, 0.2) is 28.8 Å². The molecule has 1 aromatic carbocycles. The number of nitrogens with one attached hydrogen (secondary N) is 1. The number of aryl methyl sites for hydroxylation is 1. The lowest BCUT2D eigenvalue weighted by molar-refractivity contribution is -0.126. The van der Waals surface area contributed by atoms with E-state index in [1.807, 2.05) is 24.3 Å². The highest BCUT2D eigenvalue weighted by Crippen LogP contribution is 2.20. The summed E-state index contributed by atoms with van der Waals surface area (Å²) in [5.74, 6) is 1.44. The number of hydrogen-bond donors (Lipinski definition) is 1. The number of piperidine rings is 1. The second-order valence-electron chi connectivity index (χ2n) is 6.74. The third-order valence-corrected chi connectivity index (χ3v) is 4.56. The minimum atomic E-state index is 0.0554. The molecule has 2 heterocycles. The van der Waals surface area contributed by atoms with Crippen molar-refractivity contribution in [3.63, 3.8) is 0 Å². The molecule has 0 radical (unpaired) electrons. The maximum atomic E-state index is 12.2. The smallest absolute Gasteiger partial charge is 0.241 e. The Morgan fingerprint density at radius 1 is 1.36 bits per heavy atom. The van der Waals surface area contributed by atoms with Crippen molar-refractivity contribution >= 4 is 5.91 Å². The van der Waals surface area contributed by atoms with E-state index >= 15 is 0 Å². The van der Waals surface area contributed by atoms with Gasteiger partial charge in [0, 0.05) is 18.7 Å². The van der Waals surface area contributed by atoms with E-state index < -0.39 is 0 Å². The van der Waals surface area contributed by atoms with Gasteiger partial charge in [-0.3, -0.25) is 9.69 Å². The fourth-order valence-electron chi connectivity index (χ4n) is 3.14. The lowest BCUT2D eigenvalue weighted by Crippen LogP contribution is -2.42. The van der Waals surface area contributed by atoms with Gasteiger partial charge in [0.05, 0.1) is 12.5 Å². The molecule has 134 valence electrons. The Morgan fingerprint density at radius 3 is 2.92 bits per heavy atom. The summed E-state index contributed by atoms with van der Waals surface area (Å²) in [5.41, 5.74) is 2.16. The summed E-state index contributed by atoms with van der Waals surface area (Å²) in [7, 11) is 0. The topological polar surface area (TPSA) is 71.3 Å². The van der Waals surface area contributed by atoms with E-state index in [0.717, 1.165) is 44.5 Å². The number of hydrogen-bond acceptors (Lipinski definition) is 5. The number of benzene rings is 1. The van der Waals surface area contributed by atoms with Crippen LogP contribution in [0, 0.1) is 12.8 Å². The van der Waals surface area contributed by atoms with E-state index in [1.54, 1.807) is 0 Å². The fraction of sp³-hybridized carbons (Fsp3) is 0.526. The number of likely N-dealkylation sites (tertiary alicyclic amines) is 1. The second kappa shape index (κ2) is 8.25. The molecule has 0 bridgehead atoms. The summed E-state index contributed by atoms with van der Waals surface area (Å²) in [6.45, 7) is 7.16. The molecule has 1 fully saturated rings. The Balaban J connectivity index is 1.59. The molecule has 6 heteroatoms. The zero-order valence-electron chi connectivity index (χ0n) is 15.0. The molecule has 1 aliphatic rings. The quantitative estimate of drug-likeness (QED) is 0.874. The van der Waals surface area contributed by atoms with Crippen LogP contribution < -0.4 is 5.32 Å². The van der Waals surface area contributed by atoms with Crippen molar-refractivity contribution < 1.29 is 9.32 Å². The Labute approximate surface area is 148 Å². The van der Waals surface area contributed by atoms with Crippen LogP contribution in [-0.4, -0.2) is 40.6 Å². The molecule has 25 heavy (non-hydrogen) atoms. The average Bonchev–Trinajstić information content (AvgIpc) is 3.09. The number of nitrogens with zero attached hydrogens (tertiary/aromatic N) is 3. The van der Waals surface area contributed by atoms with Crippen molar-refractivity contribution in [2.75, 3.05) is 19.6 Å². The van der Waals surface area contributed by atoms with Crippen LogP contribution in [0.3, 0.4) is 0 Å². The molecule has 1 aromatic heterocycles. The molecule has 1 amide bonds. The van der Waals surface area contributed by atoms with E-state index in [-0.39, 0.29) is 11.8 Å². The van der Waals surface area contributed by atoms with Crippen LogP contribution in [0.4, 0.5) is 0 Å². The van der Waals surface area contributed by atoms with Gasteiger partial charge in [0.15, 0.2) is 0 Å². The largest absolute Gasteiger partial charge is 0.356 e. The van der Waals surface area contributed by atoms with Crippen LogP contribution in [0.25, 0.3) is 11.4 Å². The minimum Gasteiger partial charge on any atom is -0.356 e. The molecule has 1 unspecified atom stereocenters. The van der Waals surface area contributed by atoms with Gasteiger partial charge < -0.3 is 9.84 Å². The second-order valence-corrected chi connectivity index (χ2v) is 6.74. The molecular weight excluding hydrogens is 316 g/mol. The highest BCUT2D eigenvalue weighted by molar-refractivity contribution is 5.78. The summed E-state index contributed by atoms with van der Waals surface area (Å²) in [4.78, 5) is 18.9. The molecule has 3 rings (SSSR count). The van der Waals surface area contributed by atoms with Gasteiger partial charge in [0.25, 0.3) is 0 Å². The zero-order valence-corrected chi connectivity index (χ0v) is 15.0. The van der Waals surface area contributed by atoms with Gasteiger partial charge in [-0.1, -0.05) is 41.9 Å². The maximum Gasteiger partial charge on any atom is 0.241 e. The summed E-state index contributed by atoms with van der Waals surface area (Å²) in [6, 6.07) is 8.07. The maximum absolute atomic E-state index is 12.2. The molecular formula is C19H26N4O2. The third kappa shape index (κ3) is 4.66. The van der Waals surface area contributed by atoms with Gasteiger partial charge in [-0.2, -0.15) is 4.98 Å². The van der Waals surface area contributed by atoms with Crippen molar-refractivity contribution in [1.82, 2.24) is 20.4 Å². The zero-order chi connectivity index (χ0) is 17.6. The minimum absolute atomic E-state index is 0.0554. The molecule has 0 saturated carbocycles. The Kier molecular flexibility index (Phi) is 5.81. The number of carbonyl (C=O) groups is 1. The fourth-order valence-corrected chi connectivity index (χ4v) is 3.14. The van der Waals surface area contributed by atoms with Gasteiger partial charge >= 0.3 is 0 Å². The first kappa shape index (κ1) is 17.6. The molecule has 6 nitrogen and oxygen atoms in total. The Hall–Kier alpha value is -2.21. The number of aromatic nitrogens is 2. The monoisotopic (exact) mass is 342 g/mol. The SMILES string of the molecule is CCCNC(=O)C1CCCN(Cc2nc(-c3ccc(C)cc3)no2)C1. The average molecular weight is 342 g/mol. The van der Waals surface area contributed by atoms with Gasteiger partial charge in [0.2, 0.25) is 17.6 Å². The Morgan fingerprint density at radius 2 is 2.16 bits per heavy atom. The van der Waals surface area contributed by atoms with Gasteiger partial charge in [-0.25, -0.2) is 0 Å². The lowest BCUT2D eigenvalue weighted by atomic mass is 9.97. The van der Waals surface area contributed by atoms with Crippen molar-refractivity contribution in [2.24, 2.45) is 5.92 Å². The van der Waals surface area contributed by atoms with Gasteiger partial charge in [-0.05, 0) is 32.7 Å².